The fourth-order valence-corrected chi connectivity index (χ4v) is 14.6. The SMILES string of the molecule is CC(C)(C)CC(OC(C)(C)C)C(COC(C)(C)C)OC(C)(C)C.CC(C)(C)CC(OC(C)(C)C)C(OC(C)(C)C)C(COC(C)(C)C)OC(C)(C)C.CC(C)(C)CC(OC(C)(C)C)C(OC(C)(C)C)C(OC(C)(C)C)C(COC(C)(C)C)OC(C)(C)C.CC(C)NC(CC(=O)C(C)C)C(=O)C(C)(C)C.CC(C)NC(CCC(=O)C(C)C)C(=O)C(C)(C)C.CC(C)NC(CCCCNC(C)(C)C)C(=O)C(C)C. The predicted octanol–water partition coefficient (Wildman–Crippen LogP) is 29.1. The predicted molar refractivity (Wildman–Crippen MR) is 601 cm³/mol. The second-order valence-corrected chi connectivity index (χ2v) is 60.3. The molecule has 141 heavy (non-hydrogen) atoms. The smallest absolute Gasteiger partial charge is 0.155 e. The zero-order valence-corrected chi connectivity index (χ0v) is 106. The van der Waals surface area contributed by atoms with Crippen LogP contribution in [0, 0.1) is 44.8 Å². The molecule has 0 saturated carbocycles. The molecule has 0 radical (unpaired) electrons. The maximum absolute atomic E-state index is 12.3. The fourth-order valence-electron chi connectivity index (χ4n) is 14.6. The van der Waals surface area contributed by atoms with Crippen molar-refractivity contribution >= 4 is 28.9 Å². The number of hydrogen-bond donors (Lipinski definition) is 4. The van der Waals surface area contributed by atoms with Crippen molar-refractivity contribution in [1.82, 2.24) is 21.3 Å². The van der Waals surface area contributed by atoms with E-state index in [9.17, 15) is 24.0 Å². The molecule has 0 spiro atoms. The van der Waals surface area contributed by atoms with E-state index in [-0.39, 0.29) is 203 Å². The summed E-state index contributed by atoms with van der Waals surface area (Å²) in [6, 6.07) is 0.259. The molecule has 848 valence electrons. The Labute approximate surface area is 876 Å². The summed E-state index contributed by atoms with van der Waals surface area (Å²) < 4.78 is 78.0. The number of unbranched alkanes of at least 4 members (excludes halogenated alkanes) is 1. The Morgan fingerprint density at radius 1 is 0.241 bits per heavy atom. The van der Waals surface area contributed by atoms with Crippen molar-refractivity contribution in [3.63, 3.8) is 0 Å². The monoisotopic (exact) mass is 2020 g/mol. The Kier molecular flexibility index (Phi) is 65.7. The molecule has 0 aliphatic rings. The number of Topliss-reactive ketones (excluding diaryl/α,β-unsaturated/α-hetero) is 5. The summed E-state index contributed by atoms with van der Waals surface area (Å²) in [5.41, 5.74) is -3.99. The highest BCUT2D eigenvalue weighted by Gasteiger charge is 2.48. The first-order chi connectivity index (χ1) is 61.7. The van der Waals surface area contributed by atoms with Gasteiger partial charge in [-0.2, -0.15) is 0 Å². The van der Waals surface area contributed by atoms with Crippen LogP contribution in [0.5, 0.6) is 0 Å². The van der Waals surface area contributed by atoms with Crippen LogP contribution in [0.4, 0.5) is 0 Å². The third kappa shape index (κ3) is 92.4. The van der Waals surface area contributed by atoms with Crippen molar-refractivity contribution in [2.75, 3.05) is 26.4 Å². The van der Waals surface area contributed by atoms with E-state index < -0.39 is 22.7 Å². The lowest BCUT2D eigenvalue weighted by Gasteiger charge is -2.46. The largest absolute Gasteiger partial charge is 0.373 e. The van der Waals surface area contributed by atoms with Gasteiger partial charge in [0.2, 0.25) is 0 Å². The van der Waals surface area contributed by atoms with E-state index in [4.69, 9.17) is 56.8 Å². The summed E-state index contributed by atoms with van der Waals surface area (Å²) in [4.78, 5) is 60.1. The molecule has 21 nitrogen and oxygen atoms in total. The first-order valence-corrected chi connectivity index (χ1v) is 54.4. The Morgan fingerprint density at radius 2 is 0.489 bits per heavy atom. The summed E-state index contributed by atoms with van der Waals surface area (Å²) in [6.45, 7) is 139. The molecule has 12 atom stereocenters. The van der Waals surface area contributed by atoms with Crippen LogP contribution >= 0.6 is 0 Å². The van der Waals surface area contributed by atoms with E-state index in [1.165, 1.54) is 0 Å². The van der Waals surface area contributed by atoms with Gasteiger partial charge in [0.15, 0.2) is 17.3 Å². The number of carbonyl (C=O) groups is 5. The van der Waals surface area contributed by atoms with E-state index in [0.29, 0.717) is 50.9 Å². The highest BCUT2D eigenvalue weighted by Crippen LogP contribution is 2.39. The Balaban J connectivity index is -0.000000396. The fraction of sp³-hybridized carbons (Fsp3) is 0.958. The Hall–Kier alpha value is -2.29. The second kappa shape index (κ2) is 62.0. The summed E-state index contributed by atoms with van der Waals surface area (Å²) in [7, 11) is 0. The Bertz CT molecular complexity index is 3290. The summed E-state index contributed by atoms with van der Waals surface area (Å²) in [6.07, 6.45) is 5.09. The van der Waals surface area contributed by atoms with E-state index >= 15 is 0 Å². The minimum Gasteiger partial charge on any atom is -0.373 e. The topological polar surface area (TPSA) is 244 Å². The molecule has 0 amide bonds. The average Bonchev–Trinajstić information content (AvgIpc) is 0.799. The number of carbonyl (C=O) groups excluding carboxylic acids is 5. The molecule has 21 heteroatoms. The third-order valence-electron chi connectivity index (χ3n) is 19.8. The molecule has 0 aromatic carbocycles. The molecule has 0 aliphatic carbocycles. The molecule has 0 bridgehead atoms. The van der Waals surface area contributed by atoms with Crippen LogP contribution in [0.15, 0.2) is 0 Å². The van der Waals surface area contributed by atoms with E-state index in [1.54, 1.807) is 0 Å². The summed E-state index contributed by atoms with van der Waals surface area (Å²) >= 11 is 0. The molecule has 0 saturated heterocycles. The lowest BCUT2D eigenvalue weighted by atomic mass is 9.83. The zero-order valence-electron chi connectivity index (χ0n) is 106. The first-order valence-electron chi connectivity index (χ1n) is 54.4. The minimum atomic E-state index is -0.417. The van der Waals surface area contributed by atoms with Crippen molar-refractivity contribution in [3.05, 3.63) is 0 Å². The normalized spacial score (nSPS) is 16.5. The molecule has 0 heterocycles. The molecule has 0 aliphatic heterocycles. The number of ether oxygens (including phenoxy) is 12. The standard InChI is InChI=1S/C30H62O5.C25H52O4.C20H42O3.C16H34N2O.C15H29NO2.C14H27NO2/c1-25(2,3)19-21(32-27(7,8)9)23(34-29(13,14)15)24(35-30(16,17)18)22(33-28(10,11)12)20-31-26(4,5)6;1-21(2,3)16-18(27-23(7,8)9)20(29-25(13,14)15)19(28-24(10,11)12)17-26-22(4,5)6;1-17(2,3)13-15(22-19(7,8)9)16(23-20(10,11)12)14-21-18(4,5)6;1-12(2)15(19)14(18-13(3)4)10-8-9-11-17-16(5,6)7;1-10(2)13(17)9-8-12(16-11(3)4)14(18)15(5,6)7;1-9(2)12(16)8-11(15-10(3)4)13(17)14(5,6)7/h21-24H,19-20H2,1-18H3;18-20H,16-17H2,1-15H3;15-16H,13-14H2,1-12H3;12-14,17-18H,8-11H2,1-7H3;10-12,16H,8-9H2,1-7H3;9-11,15H,8H2,1-7H3. The molecule has 12 unspecified atom stereocenters. The van der Waals surface area contributed by atoms with Gasteiger partial charge in [-0.05, 0) is 331 Å². The second-order valence-electron chi connectivity index (χ2n) is 60.3. The van der Waals surface area contributed by atoms with Crippen LogP contribution in [0.2, 0.25) is 0 Å². The van der Waals surface area contributed by atoms with Gasteiger partial charge in [0.25, 0.3) is 0 Å². The van der Waals surface area contributed by atoms with E-state index in [1.807, 2.05) is 111 Å². The first kappa shape index (κ1) is 149. The molecule has 0 aromatic rings. The van der Waals surface area contributed by atoms with Gasteiger partial charge < -0.3 is 78.1 Å². The highest BCUT2D eigenvalue weighted by molar-refractivity contribution is 5.94. The lowest BCUT2D eigenvalue weighted by molar-refractivity contribution is -0.263. The number of nitrogens with one attached hydrogen (secondary N) is 4. The molecule has 0 aromatic heterocycles. The van der Waals surface area contributed by atoms with Gasteiger partial charge in [0.1, 0.15) is 48.2 Å². The van der Waals surface area contributed by atoms with Crippen LogP contribution in [-0.2, 0) is 80.8 Å². The maximum Gasteiger partial charge on any atom is 0.155 e. The van der Waals surface area contributed by atoms with Crippen LogP contribution in [-0.4, -0.2) is 219 Å². The highest BCUT2D eigenvalue weighted by atomic mass is 16.6. The van der Waals surface area contributed by atoms with Crippen LogP contribution < -0.4 is 21.3 Å². The maximum atomic E-state index is 12.3. The minimum absolute atomic E-state index is 0.00317. The number of rotatable bonds is 46. The van der Waals surface area contributed by atoms with Crippen molar-refractivity contribution in [2.24, 2.45) is 44.8 Å². The van der Waals surface area contributed by atoms with Gasteiger partial charge >= 0.3 is 0 Å². The number of hydrogen-bond acceptors (Lipinski definition) is 21. The van der Waals surface area contributed by atoms with Crippen molar-refractivity contribution in [1.29, 1.82) is 0 Å². The molecule has 4 N–H and O–H groups in total. The van der Waals surface area contributed by atoms with Crippen LogP contribution in [0.1, 0.15) is 515 Å². The molecule has 0 rings (SSSR count). The zero-order chi connectivity index (χ0) is 114. The van der Waals surface area contributed by atoms with Crippen molar-refractivity contribution in [3.8, 4) is 0 Å². The van der Waals surface area contributed by atoms with Crippen molar-refractivity contribution < 1.29 is 80.8 Å². The lowest BCUT2D eigenvalue weighted by Crippen LogP contribution is -2.58. The van der Waals surface area contributed by atoms with Gasteiger partial charge in [0, 0.05) is 65.1 Å². The van der Waals surface area contributed by atoms with E-state index in [2.05, 4.69) is 367 Å². The van der Waals surface area contributed by atoms with Gasteiger partial charge in [-0.1, -0.05) is 193 Å². The van der Waals surface area contributed by atoms with Crippen LogP contribution in [0.25, 0.3) is 0 Å². The average molecular weight is 2020 g/mol. The number of ketones is 5. The third-order valence-corrected chi connectivity index (χ3v) is 19.8. The molecule has 0 fully saturated rings. The van der Waals surface area contributed by atoms with Gasteiger partial charge in [-0.3, -0.25) is 24.0 Å². The quantitative estimate of drug-likeness (QED) is 0.0414. The van der Waals surface area contributed by atoms with E-state index in [0.717, 1.165) is 45.1 Å². The van der Waals surface area contributed by atoms with Gasteiger partial charge in [-0.15, -0.1) is 0 Å². The summed E-state index contributed by atoms with van der Waals surface area (Å²) in [5, 5.41) is 13.4. The van der Waals surface area contributed by atoms with Gasteiger partial charge in [-0.25, -0.2) is 0 Å². The Morgan fingerprint density at radius 3 is 0.766 bits per heavy atom. The van der Waals surface area contributed by atoms with Crippen molar-refractivity contribution in [2.45, 2.75) is 679 Å². The molecular formula is C120H246N4O17. The van der Waals surface area contributed by atoms with Crippen LogP contribution in [0.3, 0.4) is 0 Å². The molecular weight excluding hydrogens is 1770 g/mol. The van der Waals surface area contributed by atoms with Gasteiger partial charge in [0.05, 0.1) is 123 Å². The summed E-state index contributed by atoms with van der Waals surface area (Å²) in [5.74, 6) is 1.16.